The molecule has 0 bridgehead atoms. The average Bonchev–Trinajstić information content (AvgIpc) is 2.86. The first kappa shape index (κ1) is 18.5. The van der Waals surface area contributed by atoms with E-state index >= 15 is 0 Å². The van der Waals surface area contributed by atoms with Gasteiger partial charge in [0, 0.05) is 24.2 Å². The van der Waals surface area contributed by atoms with Gasteiger partial charge in [-0.25, -0.2) is 8.42 Å². The van der Waals surface area contributed by atoms with E-state index in [-0.39, 0.29) is 17.6 Å². The Hall–Kier alpha value is -0.840. The minimum atomic E-state index is -4.98. The summed E-state index contributed by atoms with van der Waals surface area (Å²) in [5.41, 5.74) is 0. The van der Waals surface area contributed by atoms with Crippen LogP contribution in [-0.4, -0.2) is 45.4 Å². The number of nitrogens with zero attached hydrogens (tertiary/aromatic N) is 1. The van der Waals surface area contributed by atoms with Crippen molar-refractivity contribution in [2.75, 3.05) is 20.3 Å². The van der Waals surface area contributed by atoms with E-state index in [0.717, 1.165) is 12.1 Å². The Bertz CT molecular complexity index is 666. The highest BCUT2D eigenvalue weighted by molar-refractivity contribution is 9.10. The predicted octanol–water partition coefficient (Wildman–Crippen LogP) is 3.15. The van der Waals surface area contributed by atoms with Gasteiger partial charge >= 0.3 is 6.36 Å². The fourth-order valence-electron chi connectivity index (χ4n) is 2.51. The fraction of sp³-hybridized carbons (Fsp3) is 0.538. The molecule has 0 N–H and O–H groups in total. The van der Waals surface area contributed by atoms with Crippen molar-refractivity contribution in [3.8, 4) is 5.75 Å². The number of methoxy groups -OCH3 is 1. The third kappa shape index (κ3) is 4.37. The number of alkyl halides is 3. The highest BCUT2D eigenvalue weighted by Crippen LogP contribution is 2.36. The number of hydrogen-bond acceptors (Lipinski definition) is 4. The molecule has 0 aliphatic carbocycles. The lowest BCUT2D eigenvalue weighted by Crippen LogP contribution is -2.38. The molecule has 5 nitrogen and oxygen atoms in total. The summed E-state index contributed by atoms with van der Waals surface area (Å²) in [7, 11) is -2.68. The first-order valence-corrected chi connectivity index (χ1v) is 8.94. The van der Waals surface area contributed by atoms with Gasteiger partial charge in [-0.2, -0.15) is 4.31 Å². The van der Waals surface area contributed by atoms with Gasteiger partial charge in [0.25, 0.3) is 0 Å². The molecule has 0 amide bonds. The zero-order valence-electron chi connectivity index (χ0n) is 12.1. The summed E-state index contributed by atoms with van der Waals surface area (Å²) in [6.07, 6.45) is -3.76. The van der Waals surface area contributed by atoms with Crippen LogP contribution in [-0.2, 0) is 14.8 Å². The van der Waals surface area contributed by atoms with Crippen LogP contribution in [0.25, 0.3) is 0 Å². The van der Waals surface area contributed by atoms with Crippen molar-refractivity contribution < 1.29 is 31.1 Å². The topological polar surface area (TPSA) is 55.8 Å². The smallest absolute Gasteiger partial charge is 0.404 e. The summed E-state index contributed by atoms with van der Waals surface area (Å²) in [6, 6.07) is 3.05. The standard InChI is InChI=1S/C13H15BrF3NO4S/c1-21-8-10-3-2-6-18(10)23(19,20)12-5-4-9(14)7-11(12)22-13(15,16)17/h4-5,7,10H,2-3,6,8H2,1H3/t10-/m0/s1. The highest BCUT2D eigenvalue weighted by Gasteiger charge is 2.39. The molecule has 23 heavy (non-hydrogen) atoms. The summed E-state index contributed by atoms with van der Waals surface area (Å²) in [4.78, 5) is -0.513. The first-order chi connectivity index (χ1) is 10.6. The molecule has 1 atom stereocenters. The summed E-state index contributed by atoms with van der Waals surface area (Å²) < 4.78 is 73.5. The van der Waals surface area contributed by atoms with E-state index in [4.69, 9.17) is 4.74 Å². The van der Waals surface area contributed by atoms with Gasteiger partial charge in [-0.3, -0.25) is 0 Å². The molecule has 1 heterocycles. The van der Waals surface area contributed by atoms with Crippen LogP contribution >= 0.6 is 15.9 Å². The second-order valence-corrected chi connectivity index (χ2v) is 7.78. The van der Waals surface area contributed by atoms with E-state index in [1.165, 1.54) is 17.5 Å². The Morgan fingerprint density at radius 1 is 1.39 bits per heavy atom. The molecular weight excluding hydrogens is 403 g/mol. The average molecular weight is 418 g/mol. The second-order valence-electron chi connectivity index (χ2n) is 5.01. The molecule has 1 aromatic carbocycles. The quantitative estimate of drug-likeness (QED) is 0.738. The molecular formula is C13H15BrF3NO4S. The number of hydrogen-bond donors (Lipinski definition) is 0. The minimum absolute atomic E-state index is 0.186. The van der Waals surface area contributed by atoms with E-state index in [0.29, 0.717) is 12.8 Å². The second kappa shape index (κ2) is 6.96. The van der Waals surface area contributed by atoms with Crippen LogP contribution in [0.4, 0.5) is 13.2 Å². The van der Waals surface area contributed by atoms with Crippen LogP contribution in [0, 0.1) is 0 Å². The Kier molecular flexibility index (Phi) is 5.59. The molecule has 0 unspecified atom stereocenters. The minimum Gasteiger partial charge on any atom is -0.404 e. The van der Waals surface area contributed by atoms with E-state index in [1.54, 1.807) is 0 Å². The molecule has 10 heteroatoms. The van der Waals surface area contributed by atoms with Crippen LogP contribution in [0.1, 0.15) is 12.8 Å². The monoisotopic (exact) mass is 417 g/mol. The zero-order valence-corrected chi connectivity index (χ0v) is 14.5. The van der Waals surface area contributed by atoms with E-state index in [9.17, 15) is 21.6 Å². The van der Waals surface area contributed by atoms with Gasteiger partial charge in [0.05, 0.1) is 6.61 Å². The number of rotatable bonds is 5. The molecule has 130 valence electrons. The normalized spacial score (nSPS) is 20.0. The van der Waals surface area contributed by atoms with Gasteiger partial charge in [0.15, 0.2) is 5.75 Å². The molecule has 0 saturated carbocycles. The maximum absolute atomic E-state index is 12.7. The van der Waals surface area contributed by atoms with E-state index in [2.05, 4.69) is 20.7 Å². The fourth-order valence-corrected chi connectivity index (χ4v) is 4.63. The molecule has 1 aromatic rings. The summed E-state index contributed by atoms with van der Waals surface area (Å²) in [6.45, 7) is 0.420. The molecule has 1 fully saturated rings. The number of sulfonamides is 1. The van der Waals surface area contributed by atoms with Crippen LogP contribution in [0.5, 0.6) is 5.75 Å². The molecule has 0 spiro atoms. The molecule has 2 rings (SSSR count). The van der Waals surface area contributed by atoms with Crippen molar-refractivity contribution >= 4 is 26.0 Å². The van der Waals surface area contributed by atoms with Crippen molar-refractivity contribution in [2.45, 2.75) is 30.1 Å². The molecule has 0 aromatic heterocycles. The molecule has 1 saturated heterocycles. The highest BCUT2D eigenvalue weighted by atomic mass is 79.9. The third-order valence-corrected chi connectivity index (χ3v) is 5.88. The van der Waals surface area contributed by atoms with Gasteiger partial charge in [0.2, 0.25) is 10.0 Å². The van der Waals surface area contributed by atoms with Gasteiger partial charge in [-0.1, -0.05) is 15.9 Å². The Labute approximate surface area is 140 Å². The molecule has 0 radical (unpaired) electrons. The van der Waals surface area contributed by atoms with Gasteiger partial charge in [-0.05, 0) is 31.0 Å². The first-order valence-electron chi connectivity index (χ1n) is 6.71. The summed E-state index contributed by atoms with van der Waals surface area (Å²) >= 11 is 3.02. The van der Waals surface area contributed by atoms with Crippen LogP contribution in [0.3, 0.4) is 0 Å². The van der Waals surface area contributed by atoms with Crippen LogP contribution in [0.2, 0.25) is 0 Å². The Balaban J connectivity index is 2.43. The maximum atomic E-state index is 12.7. The number of halogens is 4. The zero-order chi connectivity index (χ0) is 17.3. The lowest BCUT2D eigenvalue weighted by molar-refractivity contribution is -0.275. The lowest BCUT2D eigenvalue weighted by atomic mass is 10.2. The van der Waals surface area contributed by atoms with Crippen molar-refractivity contribution in [3.05, 3.63) is 22.7 Å². The van der Waals surface area contributed by atoms with E-state index in [1.807, 2.05) is 0 Å². The Morgan fingerprint density at radius 2 is 2.09 bits per heavy atom. The predicted molar refractivity (Wildman–Crippen MR) is 79.6 cm³/mol. The molecule has 1 aliphatic heterocycles. The molecule has 1 aliphatic rings. The third-order valence-electron chi connectivity index (χ3n) is 3.40. The number of benzene rings is 1. The van der Waals surface area contributed by atoms with Gasteiger partial charge in [0.1, 0.15) is 4.90 Å². The SMILES string of the molecule is COC[C@@H]1CCCN1S(=O)(=O)c1ccc(Br)cc1OC(F)(F)F. The lowest BCUT2D eigenvalue weighted by Gasteiger charge is -2.24. The van der Waals surface area contributed by atoms with Crippen LogP contribution in [0.15, 0.2) is 27.6 Å². The van der Waals surface area contributed by atoms with Crippen molar-refractivity contribution in [1.82, 2.24) is 4.31 Å². The van der Waals surface area contributed by atoms with E-state index < -0.39 is 33.1 Å². The Morgan fingerprint density at radius 3 is 2.70 bits per heavy atom. The van der Waals surface area contributed by atoms with Crippen molar-refractivity contribution in [3.63, 3.8) is 0 Å². The van der Waals surface area contributed by atoms with Gasteiger partial charge in [-0.15, -0.1) is 13.2 Å². The number of ether oxygens (including phenoxy) is 2. The van der Waals surface area contributed by atoms with Crippen molar-refractivity contribution in [1.29, 1.82) is 0 Å². The largest absolute Gasteiger partial charge is 0.573 e. The summed E-state index contributed by atoms with van der Waals surface area (Å²) in [5.74, 6) is -0.755. The maximum Gasteiger partial charge on any atom is 0.573 e. The van der Waals surface area contributed by atoms with Crippen molar-refractivity contribution in [2.24, 2.45) is 0 Å². The van der Waals surface area contributed by atoms with Gasteiger partial charge < -0.3 is 9.47 Å². The summed E-state index contributed by atoms with van der Waals surface area (Å²) in [5, 5.41) is 0. The van der Waals surface area contributed by atoms with Crippen LogP contribution < -0.4 is 4.74 Å².